The van der Waals surface area contributed by atoms with Gasteiger partial charge >= 0.3 is 0 Å². The van der Waals surface area contributed by atoms with Crippen LogP contribution in [0.4, 0.5) is 0 Å². The van der Waals surface area contributed by atoms with E-state index in [0.29, 0.717) is 31.1 Å². The third kappa shape index (κ3) is 3.59. The number of aromatic nitrogens is 3. The highest BCUT2D eigenvalue weighted by atomic mass is 16.5. The Balaban J connectivity index is 1.63. The number of hydrogen-bond donors (Lipinski definition) is 1. The number of carbonyl (C=O) groups is 1. The molecular weight excluding hydrogens is 358 g/mol. The van der Waals surface area contributed by atoms with E-state index < -0.39 is 0 Å². The Morgan fingerprint density at radius 2 is 1.96 bits per heavy atom. The van der Waals surface area contributed by atoms with E-state index in [1.165, 1.54) is 0 Å². The standard InChI is InChI=1S/C20H21N5O3/c1-27-18-7-15-16(10-23-24-17(15)8-19(18)28-2)13-3-4-14(22-9-13)11-25-6-5-21-20(26)12-25/h3-4,7-10H,5-6,11-12H2,1-2H3,(H,21,26). The summed E-state index contributed by atoms with van der Waals surface area (Å²) >= 11 is 0. The van der Waals surface area contributed by atoms with Crippen LogP contribution in [-0.4, -0.2) is 59.8 Å². The van der Waals surface area contributed by atoms with Crippen LogP contribution in [0.2, 0.25) is 0 Å². The van der Waals surface area contributed by atoms with Crippen molar-refractivity contribution in [3.63, 3.8) is 0 Å². The maximum Gasteiger partial charge on any atom is 0.234 e. The highest BCUT2D eigenvalue weighted by Crippen LogP contribution is 2.35. The molecule has 2 aromatic heterocycles. The monoisotopic (exact) mass is 379 g/mol. The molecule has 144 valence electrons. The van der Waals surface area contributed by atoms with Gasteiger partial charge in [0.1, 0.15) is 0 Å². The van der Waals surface area contributed by atoms with Crippen molar-refractivity contribution in [2.24, 2.45) is 0 Å². The number of carbonyl (C=O) groups excluding carboxylic acids is 1. The molecule has 1 aromatic carbocycles. The van der Waals surface area contributed by atoms with Crippen molar-refractivity contribution in [3.8, 4) is 22.6 Å². The lowest BCUT2D eigenvalue weighted by Crippen LogP contribution is -2.47. The molecule has 1 aliphatic rings. The summed E-state index contributed by atoms with van der Waals surface area (Å²) in [4.78, 5) is 18.2. The molecule has 0 atom stereocenters. The van der Waals surface area contributed by atoms with E-state index in [1.807, 2.05) is 30.5 Å². The number of methoxy groups -OCH3 is 2. The Kier molecular flexibility index (Phi) is 5.03. The second-order valence-electron chi connectivity index (χ2n) is 6.58. The lowest BCUT2D eigenvalue weighted by Gasteiger charge is -2.25. The summed E-state index contributed by atoms with van der Waals surface area (Å²) < 4.78 is 10.8. The highest BCUT2D eigenvalue weighted by Gasteiger charge is 2.17. The number of rotatable bonds is 5. The number of nitrogens with zero attached hydrogens (tertiary/aromatic N) is 4. The molecule has 0 saturated carbocycles. The average molecular weight is 379 g/mol. The fraction of sp³-hybridized carbons (Fsp3) is 0.300. The molecule has 1 amide bonds. The zero-order valence-corrected chi connectivity index (χ0v) is 15.8. The van der Waals surface area contributed by atoms with Gasteiger partial charge in [0.05, 0.1) is 38.2 Å². The van der Waals surface area contributed by atoms with Crippen LogP contribution in [0.15, 0.2) is 36.7 Å². The molecule has 3 aromatic rings. The van der Waals surface area contributed by atoms with Crippen molar-refractivity contribution in [2.45, 2.75) is 6.54 Å². The number of pyridine rings is 1. The predicted molar refractivity (Wildman–Crippen MR) is 104 cm³/mol. The largest absolute Gasteiger partial charge is 0.493 e. The summed E-state index contributed by atoms with van der Waals surface area (Å²) in [5, 5.41) is 12.1. The van der Waals surface area contributed by atoms with Gasteiger partial charge < -0.3 is 14.8 Å². The summed E-state index contributed by atoms with van der Waals surface area (Å²) in [7, 11) is 3.20. The number of amides is 1. The van der Waals surface area contributed by atoms with Gasteiger partial charge in [0.15, 0.2) is 11.5 Å². The zero-order valence-electron chi connectivity index (χ0n) is 15.8. The SMILES string of the molecule is COc1cc2nncc(-c3ccc(CN4CCNC(=O)C4)nc3)c2cc1OC. The minimum atomic E-state index is 0.0570. The predicted octanol–water partition coefficient (Wildman–Crippen LogP) is 1.64. The molecule has 0 unspecified atom stereocenters. The first kappa shape index (κ1) is 18.1. The number of ether oxygens (including phenoxy) is 2. The quantitative estimate of drug-likeness (QED) is 0.721. The Labute approximate surface area is 162 Å². The normalized spacial score (nSPS) is 14.7. The molecule has 0 radical (unpaired) electrons. The minimum Gasteiger partial charge on any atom is -0.493 e. The van der Waals surface area contributed by atoms with E-state index in [9.17, 15) is 4.79 Å². The van der Waals surface area contributed by atoms with E-state index in [0.717, 1.165) is 34.3 Å². The zero-order chi connectivity index (χ0) is 19.5. The molecule has 28 heavy (non-hydrogen) atoms. The maximum atomic E-state index is 11.5. The molecule has 0 aliphatic carbocycles. The van der Waals surface area contributed by atoms with Crippen LogP contribution < -0.4 is 14.8 Å². The van der Waals surface area contributed by atoms with Gasteiger partial charge in [-0.3, -0.25) is 14.7 Å². The van der Waals surface area contributed by atoms with Gasteiger partial charge in [-0.2, -0.15) is 10.2 Å². The van der Waals surface area contributed by atoms with Crippen molar-refractivity contribution in [2.75, 3.05) is 33.9 Å². The Hall–Kier alpha value is -3.26. The summed E-state index contributed by atoms with van der Waals surface area (Å²) in [6, 6.07) is 7.71. The van der Waals surface area contributed by atoms with Gasteiger partial charge in [0.2, 0.25) is 5.91 Å². The molecule has 1 N–H and O–H groups in total. The van der Waals surface area contributed by atoms with Gasteiger partial charge in [-0.25, -0.2) is 0 Å². The first-order valence-corrected chi connectivity index (χ1v) is 8.99. The molecule has 0 bridgehead atoms. The number of nitrogens with one attached hydrogen (secondary N) is 1. The van der Waals surface area contributed by atoms with Crippen LogP contribution in [0.5, 0.6) is 11.5 Å². The van der Waals surface area contributed by atoms with Crippen LogP contribution in [0.25, 0.3) is 22.0 Å². The Morgan fingerprint density at radius 1 is 1.14 bits per heavy atom. The van der Waals surface area contributed by atoms with E-state index >= 15 is 0 Å². The van der Waals surface area contributed by atoms with Gasteiger partial charge in [-0.1, -0.05) is 6.07 Å². The van der Waals surface area contributed by atoms with Gasteiger partial charge in [0, 0.05) is 48.4 Å². The summed E-state index contributed by atoms with van der Waals surface area (Å²) in [6.45, 7) is 2.56. The van der Waals surface area contributed by atoms with Crippen LogP contribution in [0.3, 0.4) is 0 Å². The summed E-state index contributed by atoms with van der Waals surface area (Å²) in [5.41, 5.74) is 3.50. The molecule has 4 rings (SSSR count). The van der Waals surface area contributed by atoms with Crippen molar-refractivity contribution in [3.05, 3.63) is 42.4 Å². The third-order valence-electron chi connectivity index (χ3n) is 4.78. The topological polar surface area (TPSA) is 89.5 Å². The lowest BCUT2D eigenvalue weighted by atomic mass is 10.0. The highest BCUT2D eigenvalue weighted by molar-refractivity contribution is 5.95. The average Bonchev–Trinajstić information content (AvgIpc) is 2.73. The summed E-state index contributed by atoms with van der Waals surface area (Å²) in [5.74, 6) is 1.30. The fourth-order valence-electron chi connectivity index (χ4n) is 3.35. The van der Waals surface area contributed by atoms with Gasteiger partial charge in [0.25, 0.3) is 0 Å². The number of hydrogen-bond acceptors (Lipinski definition) is 7. The molecule has 3 heterocycles. The molecule has 8 nitrogen and oxygen atoms in total. The van der Waals surface area contributed by atoms with Gasteiger partial charge in [-0.05, 0) is 12.1 Å². The molecule has 1 aliphatic heterocycles. The molecular formula is C20H21N5O3. The minimum absolute atomic E-state index is 0.0570. The van der Waals surface area contributed by atoms with Crippen LogP contribution in [-0.2, 0) is 11.3 Å². The van der Waals surface area contributed by atoms with Crippen LogP contribution >= 0.6 is 0 Å². The van der Waals surface area contributed by atoms with Crippen molar-refractivity contribution in [1.29, 1.82) is 0 Å². The van der Waals surface area contributed by atoms with Crippen LogP contribution in [0, 0.1) is 0 Å². The summed E-state index contributed by atoms with van der Waals surface area (Å²) in [6.07, 6.45) is 3.55. The van der Waals surface area contributed by atoms with Crippen molar-refractivity contribution >= 4 is 16.8 Å². The number of piperazine rings is 1. The van der Waals surface area contributed by atoms with Crippen molar-refractivity contribution in [1.82, 2.24) is 25.4 Å². The Morgan fingerprint density at radius 3 is 2.68 bits per heavy atom. The number of fused-ring (bicyclic) bond motifs is 1. The lowest BCUT2D eigenvalue weighted by molar-refractivity contribution is -0.124. The van der Waals surface area contributed by atoms with Gasteiger partial charge in [-0.15, -0.1) is 0 Å². The first-order chi connectivity index (χ1) is 13.7. The first-order valence-electron chi connectivity index (χ1n) is 8.99. The maximum absolute atomic E-state index is 11.5. The molecule has 0 spiro atoms. The molecule has 1 fully saturated rings. The van der Waals surface area contributed by atoms with E-state index in [1.54, 1.807) is 20.4 Å². The van der Waals surface area contributed by atoms with E-state index in [2.05, 4.69) is 25.4 Å². The van der Waals surface area contributed by atoms with E-state index in [-0.39, 0.29) is 5.91 Å². The third-order valence-corrected chi connectivity index (χ3v) is 4.78. The van der Waals surface area contributed by atoms with E-state index in [4.69, 9.17) is 9.47 Å². The molecule has 8 heteroatoms. The van der Waals surface area contributed by atoms with Crippen LogP contribution in [0.1, 0.15) is 5.69 Å². The second-order valence-corrected chi connectivity index (χ2v) is 6.58. The second kappa shape index (κ2) is 7.77. The Bertz CT molecular complexity index is 1010. The fourth-order valence-corrected chi connectivity index (χ4v) is 3.35. The smallest absolute Gasteiger partial charge is 0.234 e. The van der Waals surface area contributed by atoms with Crippen molar-refractivity contribution < 1.29 is 14.3 Å². The number of benzene rings is 1. The molecule has 1 saturated heterocycles.